The fraction of sp³-hybridized carbons (Fsp3) is 0.417. The standard InChI is InChI=1S/C24H24F4N2O3/c25-19-9-5-7-17(13-19)22(32)30-20(15-33-23(30)10-2-1-3-11-23)21(31)29-14-16-6-4-8-18(12-16)24(26,27)28/h4-9,12-13,20H,1-3,10-11,14-15H2,(H,29,31). The minimum Gasteiger partial charge on any atom is -0.353 e. The molecule has 1 N–H and O–H groups in total. The highest BCUT2D eigenvalue weighted by molar-refractivity contribution is 5.98. The van der Waals surface area contributed by atoms with Crippen molar-refractivity contribution in [3.8, 4) is 0 Å². The Bertz CT molecular complexity index is 1030. The van der Waals surface area contributed by atoms with Crippen LogP contribution in [0.4, 0.5) is 17.6 Å². The summed E-state index contributed by atoms with van der Waals surface area (Å²) in [6.45, 7) is -0.163. The highest BCUT2D eigenvalue weighted by Gasteiger charge is 2.53. The highest BCUT2D eigenvalue weighted by Crippen LogP contribution is 2.41. The van der Waals surface area contributed by atoms with E-state index in [4.69, 9.17) is 4.74 Å². The van der Waals surface area contributed by atoms with E-state index in [0.717, 1.165) is 37.5 Å². The molecule has 176 valence electrons. The second kappa shape index (κ2) is 9.13. The number of hydrogen-bond acceptors (Lipinski definition) is 3. The zero-order valence-corrected chi connectivity index (χ0v) is 17.8. The van der Waals surface area contributed by atoms with Crippen molar-refractivity contribution in [1.29, 1.82) is 0 Å². The maximum atomic E-state index is 13.8. The van der Waals surface area contributed by atoms with Crippen molar-refractivity contribution in [1.82, 2.24) is 10.2 Å². The van der Waals surface area contributed by atoms with Gasteiger partial charge in [0.05, 0.1) is 12.2 Å². The van der Waals surface area contributed by atoms with Crippen LogP contribution < -0.4 is 5.32 Å². The second-order valence-corrected chi connectivity index (χ2v) is 8.44. The molecule has 1 aliphatic heterocycles. The number of ether oxygens (including phenoxy) is 1. The van der Waals surface area contributed by atoms with Crippen molar-refractivity contribution < 1.29 is 31.9 Å². The summed E-state index contributed by atoms with van der Waals surface area (Å²) in [6.07, 6.45) is -0.728. The summed E-state index contributed by atoms with van der Waals surface area (Å²) in [5.41, 5.74) is -1.35. The predicted molar refractivity (Wildman–Crippen MR) is 111 cm³/mol. The average Bonchev–Trinajstić information content (AvgIpc) is 3.15. The van der Waals surface area contributed by atoms with Gasteiger partial charge < -0.3 is 10.1 Å². The van der Waals surface area contributed by atoms with Gasteiger partial charge in [0.25, 0.3) is 5.91 Å². The summed E-state index contributed by atoms with van der Waals surface area (Å²) in [5, 5.41) is 2.64. The van der Waals surface area contributed by atoms with Gasteiger partial charge in [0.2, 0.25) is 5.91 Å². The van der Waals surface area contributed by atoms with Crippen molar-refractivity contribution in [2.45, 2.75) is 56.6 Å². The van der Waals surface area contributed by atoms with Gasteiger partial charge in [-0.2, -0.15) is 13.2 Å². The van der Waals surface area contributed by atoms with Gasteiger partial charge in [-0.05, 0) is 61.6 Å². The van der Waals surface area contributed by atoms with Gasteiger partial charge in [-0.15, -0.1) is 0 Å². The van der Waals surface area contributed by atoms with Gasteiger partial charge in [0, 0.05) is 12.1 Å². The lowest BCUT2D eigenvalue weighted by molar-refractivity contribution is -0.137. The Morgan fingerprint density at radius 3 is 2.48 bits per heavy atom. The van der Waals surface area contributed by atoms with Crippen LogP contribution in [0.1, 0.15) is 53.6 Å². The largest absolute Gasteiger partial charge is 0.416 e. The van der Waals surface area contributed by atoms with Crippen molar-refractivity contribution in [2.75, 3.05) is 6.61 Å². The van der Waals surface area contributed by atoms with Crippen LogP contribution in [0.15, 0.2) is 48.5 Å². The van der Waals surface area contributed by atoms with Crippen LogP contribution in [-0.2, 0) is 22.3 Å². The number of alkyl halides is 3. The third-order valence-corrected chi connectivity index (χ3v) is 6.21. The number of rotatable bonds is 4. The Kier molecular flexibility index (Phi) is 6.43. The Morgan fingerprint density at radius 2 is 1.79 bits per heavy atom. The van der Waals surface area contributed by atoms with E-state index < -0.39 is 41.1 Å². The summed E-state index contributed by atoms with van der Waals surface area (Å²) in [6, 6.07) is 8.99. The number of carbonyl (C=O) groups excluding carboxylic acids is 2. The molecule has 33 heavy (non-hydrogen) atoms. The molecule has 2 aliphatic rings. The number of benzene rings is 2. The molecule has 1 atom stereocenters. The van der Waals surface area contributed by atoms with Gasteiger partial charge in [-0.25, -0.2) is 4.39 Å². The molecule has 5 nitrogen and oxygen atoms in total. The number of nitrogens with zero attached hydrogens (tertiary/aromatic N) is 1. The number of carbonyl (C=O) groups is 2. The number of hydrogen-bond donors (Lipinski definition) is 1. The Hall–Kier alpha value is -2.94. The zero-order valence-electron chi connectivity index (χ0n) is 17.8. The lowest BCUT2D eigenvalue weighted by Gasteiger charge is -2.41. The zero-order chi connectivity index (χ0) is 23.6. The van der Waals surface area contributed by atoms with E-state index in [-0.39, 0.29) is 24.3 Å². The molecule has 2 amide bonds. The molecule has 1 aliphatic carbocycles. The topological polar surface area (TPSA) is 58.6 Å². The van der Waals surface area contributed by atoms with E-state index >= 15 is 0 Å². The van der Waals surface area contributed by atoms with Crippen molar-refractivity contribution >= 4 is 11.8 Å². The first-order valence-corrected chi connectivity index (χ1v) is 10.9. The molecule has 0 radical (unpaired) electrons. The molecule has 0 aromatic heterocycles. The molecule has 4 rings (SSSR count). The molecule has 9 heteroatoms. The number of halogens is 4. The van der Waals surface area contributed by atoms with E-state index in [1.807, 2.05) is 0 Å². The van der Waals surface area contributed by atoms with Crippen LogP contribution in [0.3, 0.4) is 0 Å². The lowest BCUT2D eigenvalue weighted by Crippen LogP contribution is -2.56. The van der Waals surface area contributed by atoms with Gasteiger partial charge in [0.15, 0.2) is 0 Å². The van der Waals surface area contributed by atoms with E-state index in [1.165, 1.54) is 35.2 Å². The van der Waals surface area contributed by atoms with E-state index in [1.54, 1.807) is 0 Å². The van der Waals surface area contributed by atoms with Crippen molar-refractivity contribution in [3.05, 3.63) is 71.0 Å². The third-order valence-electron chi connectivity index (χ3n) is 6.21. The molecule has 1 saturated carbocycles. The monoisotopic (exact) mass is 464 g/mol. The van der Waals surface area contributed by atoms with Crippen LogP contribution >= 0.6 is 0 Å². The Morgan fingerprint density at radius 1 is 1.06 bits per heavy atom. The number of amides is 2. The van der Waals surface area contributed by atoms with E-state index in [0.29, 0.717) is 12.8 Å². The predicted octanol–water partition coefficient (Wildman–Crippen LogP) is 4.66. The van der Waals surface area contributed by atoms with Gasteiger partial charge in [0.1, 0.15) is 17.6 Å². The van der Waals surface area contributed by atoms with E-state index in [2.05, 4.69) is 5.32 Å². The molecule has 0 bridgehead atoms. The Balaban J connectivity index is 1.55. The van der Waals surface area contributed by atoms with Crippen LogP contribution in [0.25, 0.3) is 0 Å². The van der Waals surface area contributed by atoms with Crippen LogP contribution in [0.5, 0.6) is 0 Å². The summed E-state index contributed by atoms with van der Waals surface area (Å²) in [5.74, 6) is -1.60. The van der Waals surface area contributed by atoms with Crippen LogP contribution in [0.2, 0.25) is 0 Å². The molecule has 1 unspecified atom stereocenters. The summed E-state index contributed by atoms with van der Waals surface area (Å²) < 4.78 is 58.7. The minimum atomic E-state index is -4.49. The first kappa shape index (κ1) is 23.2. The summed E-state index contributed by atoms with van der Waals surface area (Å²) in [4.78, 5) is 27.9. The van der Waals surface area contributed by atoms with Gasteiger partial charge >= 0.3 is 6.18 Å². The summed E-state index contributed by atoms with van der Waals surface area (Å²) >= 11 is 0. The molecule has 1 saturated heterocycles. The second-order valence-electron chi connectivity index (χ2n) is 8.44. The molecular formula is C24H24F4N2O3. The molecular weight excluding hydrogens is 440 g/mol. The first-order valence-electron chi connectivity index (χ1n) is 10.9. The van der Waals surface area contributed by atoms with Crippen molar-refractivity contribution in [3.63, 3.8) is 0 Å². The maximum Gasteiger partial charge on any atom is 0.416 e. The van der Waals surface area contributed by atoms with E-state index in [9.17, 15) is 27.2 Å². The number of nitrogens with one attached hydrogen (secondary N) is 1. The molecule has 1 spiro atoms. The average molecular weight is 464 g/mol. The van der Waals surface area contributed by atoms with Crippen molar-refractivity contribution in [2.24, 2.45) is 0 Å². The van der Waals surface area contributed by atoms with Crippen LogP contribution in [-0.4, -0.2) is 35.1 Å². The quantitative estimate of drug-likeness (QED) is 0.670. The summed E-state index contributed by atoms with van der Waals surface area (Å²) in [7, 11) is 0. The van der Waals surface area contributed by atoms with Gasteiger partial charge in [-0.3, -0.25) is 14.5 Å². The highest BCUT2D eigenvalue weighted by atomic mass is 19.4. The fourth-order valence-corrected chi connectivity index (χ4v) is 4.60. The molecule has 1 heterocycles. The first-order chi connectivity index (χ1) is 15.7. The Labute approximate surface area is 188 Å². The smallest absolute Gasteiger partial charge is 0.353 e. The van der Waals surface area contributed by atoms with Crippen LogP contribution in [0, 0.1) is 5.82 Å². The SMILES string of the molecule is O=C(NCc1cccc(C(F)(F)F)c1)C1COC2(CCCCC2)N1C(=O)c1cccc(F)c1. The third kappa shape index (κ3) is 4.88. The molecule has 2 aromatic carbocycles. The molecule has 2 fully saturated rings. The fourth-order valence-electron chi connectivity index (χ4n) is 4.60. The maximum absolute atomic E-state index is 13.8. The van der Waals surface area contributed by atoms with Gasteiger partial charge in [-0.1, -0.05) is 24.6 Å². The molecule has 2 aromatic rings. The lowest BCUT2D eigenvalue weighted by atomic mass is 9.89. The normalized spacial score (nSPS) is 20.1. The minimum absolute atomic E-state index is 0.0323.